The van der Waals surface area contributed by atoms with E-state index < -0.39 is 0 Å². The van der Waals surface area contributed by atoms with E-state index in [4.69, 9.17) is 5.73 Å². The second-order valence-electron chi connectivity index (χ2n) is 5.35. The topological polar surface area (TPSA) is 55.1 Å². The zero-order valence-corrected chi connectivity index (χ0v) is 11.2. The first-order valence-corrected chi connectivity index (χ1v) is 7.25. The number of hydrogen-bond acceptors (Lipinski definition) is 2. The number of carbonyl (C=O) groups excluding carboxylic acids is 1. The number of rotatable bonds is 6. The monoisotopic (exact) mass is 240 g/mol. The van der Waals surface area contributed by atoms with Crippen molar-refractivity contribution >= 4 is 5.91 Å². The number of carbonyl (C=O) groups is 1. The fourth-order valence-corrected chi connectivity index (χ4v) is 2.68. The second kappa shape index (κ2) is 8.51. The van der Waals surface area contributed by atoms with Gasteiger partial charge in [-0.15, -0.1) is 0 Å². The van der Waals surface area contributed by atoms with E-state index in [0.29, 0.717) is 24.9 Å². The predicted molar refractivity (Wildman–Crippen MR) is 71.7 cm³/mol. The van der Waals surface area contributed by atoms with Gasteiger partial charge in [0, 0.05) is 12.5 Å². The van der Waals surface area contributed by atoms with Gasteiger partial charge in [-0.25, -0.2) is 0 Å². The van der Waals surface area contributed by atoms with Gasteiger partial charge >= 0.3 is 0 Å². The van der Waals surface area contributed by atoms with E-state index in [1.54, 1.807) is 0 Å². The minimum atomic E-state index is 0.209. The van der Waals surface area contributed by atoms with Crippen LogP contribution < -0.4 is 11.1 Å². The maximum atomic E-state index is 11.9. The zero-order valence-electron chi connectivity index (χ0n) is 11.2. The Bertz CT molecular complexity index is 210. The molecule has 1 rings (SSSR count). The summed E-state index contributed by atoms with van der Waals surface area (Å²) in [7, 11) is 0. The molecule has 1 aliphatic rings. The molecule has 1 atom stereocenters. The molecule has 1 saturated carbocycles. The maximum Gasteiger partial charge on any atom is 0.220 e. The smallest absolute Gasteiger partial charge is 0.220 e. The van der Waals surface area contributed by atoms with E-state index in [1.807, 2.05) is 0 Å². The molecule has 0 aromatic carbocycles. The third-order valence-corrected chi connectivity index (χ3v) is 3.72. The van der Waals surface area contributed by atoms with E-state index in [9.17, 15) is 4.79 Å². The lowest BCUT2D eigenvalue weighted by Crippen LogP contribution is -2.36. The average Bonchev–Trinajstić information content (AvgIpc) is 2.57. The van der Waals surface area contributed by atoms with Crippen LogP contribution in [0.2, 0.25) is 0 Å². The Morgan fingerprint density at radius 3 is 2.47 bits per heavy atom. The SMILES string of the molecule is CCCC(CN)CC(=O)NC1CCCCCC1. The summed E-state index contributed by atoms with van der Waals surface area (Å²) in [6.45, 7) is 2.78. The fourth-order valence-electron chi connectivity index (χ4n) is 2.68. The summed E-state index contributed by atoms with van der Waals surface area (Å²) in [5.74, 6) is 0.576. The summed E-state index contributed by atoms with van der Waals surface area (Å²) in [4.78, 5) is 11.9. The van der Waals surface area contributed by atoms with Gasteiger partial charge in [-0.1, -0.05) is 39.0 Å². The first kappa shape index (κ1) is 14.5. The van der Waals surface area contributed by atoms with Crippen molar-refractivity contribution in [1.82, 2.24) is 5.32 Å². The molecule has 1 amide bonds. The highest BCUT2D eigenvalue weighted by Gasteiger charge is 2.17. The molecule has 3 heteroatoms. The lowest BCUT2D eigenvalue weighted by atomic mass is 9.99. The first-order chi connectivity index (χ1) is 8.26. The Labute approximate surface area is 106 Å². The number of nitrogens with two attached hydrogens (primary N) is 1. The minimum Gasteiger partial charge on any atom is -0.353 e. The standard InChI is InChI=1S/C14H28N2O/c1-2-7-12(11-15)10-14(17)16-13-8-5-3-4-6-9-13/h12-13H,2-11,15H2,1H3,(H,16,17). The minimum absolute atomic E-state index is 0.209. The van der Waals surface area contributed by atoms with Gasteiger partial charge in [0.15, 0.2) is 0 Å². The van der Waals surface area contributed by atoms with Gasteiger partial charge in [0.25, 0.3) is 0 Å². The number of hydrogen-bond donors (Lipinski definition) is 2. The quantitative estimate of drug-likeness (QED) is 0.701. The lowest BCUT2D eigenvalue weighted by Gasteiger charge is -2.19. The predicted octanol–water partition coefficient (Wildman–Crippen LogP) is 2.59. The van der Waals surface area contributed by atoms with Crippen LogP contribution in [0.5, 0.6) is 0 Å². The molecule has 0 aromatic heterocycles. The highest BCUT2D eigenvalue weighted by Crippen LogP contribution is 2.18. The lowest BCUT2D eigenvalue weighted by molar-refractivity contribution is -0.122. The van der Waals surface area contributed by atoms with Crippen molar-refractivity contribution < 1.29 is 4.79 Å². The van der Waals surface area contributed by atoms with E-state index in [1.165, 1.54) is 25.7 Å². The molecule has 0 aliphatic heterocycles. The summed E-state index contributed by atoms with van der Waals surface area (Å²) in [6, 6.07) is 0.421. The Morgan fingerprint density at radius 2 is 1.94 bits per heavy atom. The van der Waals surface area contributed by atoms with Crippen molar-refractivity contribution in [3.05, 3.63) is 0 Å². The van der Waals surface area contributed by atoms with Crippen LogP contribution in [0.25, 0.3) is 0 Å². The largest absolute Gasteiger partial charge is 0.353 e. The Morgan fingerprint density at radius 1 is 1.29 bits per heavy atom. The van der Waals surface area contributed by atoms with Gasteiger partial charge in [0.2, 0.25) is 5.91 Å². The van der Waals surface area contributed by atoms with Crippen LogP contribution in [0.15, 0.2) is 0 Å². The summed E-state index contributed by atoms with van der Waals surface area (Å²) < 4.78 is 0. The average molecular weight is 240 g/mol. The second-order valence-corrected chi connectivity index (χ2v) is 5.35. The Balaban J connectivity index is 2.26. The molecular weight excluding hydrogens is 212 g/mol. The first-order valence-electron chi connectivity index (χ1n) is 7.25. The third-order valence-electron chi connectivity index (χ3n) is 3.72. The Hall–Kier alpha value is -0.570. The van der Waals surface area contributed by atoms with Crippen molar-refractivity contribution in [3.63, 3.8) is 0 Å². The molecule has 0 heterocycles. The van der Waals surface area contributed by atoms with Crippen LogP contribution in [-0.4, -0.2) is 18.5 Å². The van der Waals surface area contributed by atoms with Crippen LogP contribution in [-0.2, 0) is 4.79 Å². The van der Waals surface area contributed by atoms with E-state index in [-0.39, 0.29) is 5.91 Å². The van der Waals surface area contributed by atoms with Gasteiger partial charge in [-0.3, -0.25) is 4.79 Å². The molecule has 100 valence electrons. The Kier molecular flexibility index (Phi) is 7.25. The molecule has 1 unspecified atom stereocenters. The normalized spacial score (nSPS) is 19.6. The van der Waals surface area contributed by atoms with Crippen molar-refractivity contribution in [2.24, 2.45) is 11.7 Å². The molecule has 0 saturated heterocycles. The van der Waals surface area contributed by atoms with Gasteiger partial charge in [-0.2, -0.15) is 0 Å². The van der Waals surface area contributed by atoms with Gasteiger partial charge in [0.1, 0.15) is 0 Å². The summed E-state index contributed by atoms with van der Waals surface area (Å²) >= 11 is 0. The highest BCUT2D eigenvalue weighted by atomic mass is 16.1. The van der Waals surface area contributed by atoms with Gasteiger partial charge in [-0.05, 0) is 31.7 Å². The van der Waals surface area contributed by atoms with Crippen LogP contribution in [0.4, 0.5) is 0 Å². The fraction of sp³-hybridized carbons (Fsp3) is 0.929. The van der Waals surface area contributed by atoms with E-state index in [2.05, 4.69) is 12.2 Å². The molecule has 0 spiro atoms. The number of amides is 1. The molecule has 0 bridgehead atoms. The van der Waals surface area contributed by atoms with Gasteiger partial charge in [0.05, 0.1) is 0 Å². The molecule has 0 radical (unpaired) electrons. The molecule has 3 N–H and O–H groups in total. The van der Waals surface area contributed by atoms with Crippen LogP contribution in [0.1, 0.15) is 64.7 Å². The maximum absolute atomic E-state index is 11.9. The van der Waals surface area contributed by atoms with Crippen molar-refractivity contribution in [3.8, 4) is 0 Å². The molecular formula is C14H28N2O. The summed E-state index contributed by atoms with van der Waals surface area (Å²) in [5.41, 5.74) is 5.69. The summed E-state index contributed by atoms with van der Waals surface area (Å²) in [5, 5.41) is 3.19. The van der Waals surface area contributed by atoms with E-state index in [0.717, 1.165) is 25.7 Å². The van der Waals surface area contributed by atoms with E-state index >= 15 is 0 Å². The number of nitrogens with one attached hydrogen (secondary N) is 1. The van der Waals surface area contributed by atoms with Gasteiger partial charge < -0.3 is 11.1 Å². The molecule has 17 heavy (non-hydrogen) atoms. The molecule has 1 aliphatic carbocycles. The van der Waals surface area contributed by atoms with Crippen LogP contribution in [0.3, 0.4) is 0 Å². The summed E-state index contributed by atoms with van der Waals surface area (Å²) in [6.07, 6.45) is 10.3. The van der Waals surface area contributed by atoms with Crippen molar-refractivity contribution in [2.45, 2.75) is 70.8 Å². The third kappa shape index (κ3) is 6.06. The molecule has 3 nitrogen and oxygen atoms in total. The van der Waals surface area contributed by atoms with Crippen molar-refractivity contribution in [1.29, 1.82) is 0 Å². The zero-order chi connectivity index (χ0) is 12.5. The molecule has 0 aromatic rings. The molecule has 1 fully saturated rings. The highest BCUT2D eigenvalue weighted by molar-refractivity contribution is 5.76. The van der Waals surface area contributed by atoms with Crippen LogP contribution >= 0.6 is 0 Å². The van der Waals surface area contributed by atoms with Crippen molar-refractivity contribution in [2.75, 3.05) is 6.54 Å². The van der Waals surface area contributed by atoms with Crippen LogP contribution in [0, 0.1) is 5.92 Å².